The lowest BCUT2D eigenvalue weighted by molar-refractivity contribution is -0.145. The number of carbonyl (C=O) groups is 2. The lowest BCUT2D eigenvalue weighted by atomic mass is 9.82. The summed E-state index contributed by atoms with van der Waals surface area (Å²) in [6.45, 7) is 7.58. The van der Waals surface area contributed by atoms with Gasteiger partial charge >= 0.3 is 0 Å². The Bertz CT molecular complexity index is 1210. The topological polar surface area (TPSA) is 100 Å². The number of hydrogen-bond donors (Lipinski definition) is 3. The van der Waals surface area contributed by atoms with Crippen molar-refractivity contribution >= 4 is 36.4 Å². The Labute approximate surface area is 225 Å². The Hall–Kier alpha value is -2.72. The van der Waals surface area contributed by atoms with Gasteiger partial charge in [-0.05, 0) is 61.7 Å². The predicted octanol–water partition coefficient (Wildman–Crippen LogP) is 2.96. The third kappa shape index (κ3) is 4.16. The molecule has 9 heteroatoms. The van der Waals surface area contributed by atoms with Gasteiger partial charge in [-0.15, -0.1) is 0 Å². The monoisotopic (exact) mass is 537 g/mol. The van der Waals surface area contributed by atoms with Crippen LogP contribution in [0.25, 0.3) is 0 Å². The molecule has 2 aromatic carbocycles. The van der Waals surface area contributed by atoms with Crippen molar-refractivity contribution in [2.75, 3.05) is 37.5 Å². The number of benzene rings is 2. The largest absolute Gasteiger partial charge is 0.497 e. The van der Waals surface area contributed by atoms with Crippen molar-refractivity contribution in [3.05, 3.63) is 48.0 Å². The van der Waals surface area contributed by atoms with Gasteiger partial charge < -0.3 is 30.1 Å². The zero-order chi connectivity index (χ0) is 27.2. The number of fused-ring (bicyclic) bond motifs is 2. The van der Waals surface area contributed by atoms with Crippen LogP contribution in [0.15, 0.2) is 42.5 Å². The first-order chi connectivity index (χ1) is 18.1. The number of methoxy groups -OCH3 is 1. The van der Waals surface area contributed by atoms with Crippen LogP contribution in [-0.4, -0.2) is 64.4 Å². The second-order valence-corrected chi connectivity index (χ2v) is 16.1. The van der Waals surface area contributed by atoms with Crippen LogP contribution in [0.5, 0.6) is 5.75 Å². The number of carbonyl (C=O) groups excluding carboxylic acids is 2. The van der Waals surface area contributed by atoms with E-state index >= 15 is 0 Å². The van der Waals surface area contributed by atoms with E-state index in [1.807, 2.05) is 30.3 Å². The summed E-state index contributed by atoms with van der Waals surface area (Å²) < 4.78 is 12.2. The van der Waals surface area contributed by atoms with E-state index in [0.29, 0.717) is 12.1 Å². The van der Waals surface area contributed by atoms with Gasteiger partial charge in [0, 0.05) is 30.8 Å². The van der Waals surface area contributed by atoms with E-state index in [1.165, 1.54) is 5.19 Å². The van der Waals surface area contributed by atoms with E-state index in [2.05, 4.69) is 42.8 Å². The van der Waals surface area contributed by atoms with Crippen LogP contribution >= 0.6 is 0 Å². The lowest BCUT2D eigenvalue weighted by Crippen LogP contribution is -2.51. The van der Waals surface area contributed by atoms with E-state index in [-0.39, 0.29) is 42.0 Å². The number of amides is 2. The Morgan fingerprint density at radius 2 is 2.00 bits per heavy atom. The molecule has 2 aromatic rings. The SMILES string of the molecule is COc1ccc([Si](C)(C)[C@H]2[C@H](CCO)O[C@@]3(C(=O)N(C)c4ccc(NC(=O)[C@H]5CCCN5)cc43)[C@@H]2C)cc1. The summed E-state index contributed by atoms with van der Waals surface area (Å²) in [4.78, 5) is 28.5. The quantitative estimate of drug-likeness (QED) is 0.470. The average molecular weight is 538 g/mol. The van der Waals surface area contributed by atoms with Gasteiger partial charge in [-0.25, -0.2) is 0 Å². The number of aliphatic hydroxyl groups is 1. The first-order valence-corrected chi connectivity index (χ1v) is 16.6. The Morgan fingerprint density at radius 1 is 1.26 bits per heavy atom. The standard InChI is InChI=1S/C29H39N3O5Si/c1-18-26(38(4,5)21-11-9-20(36-3)10-12-21)25(14-16-33)37-29(18)22-17-19(8-13-24(22)32(2)28(29)35)31-27(34)23-7-6-15-30-23/h8-13,17-18,23,25-26,30,33H,6-7,14-16H2,1-5H3,(H,31,34)/t18-,23-,25+,26-,29+/m1/s1. The molecule has 8 nitrogen and oxygen atoms in total. The number of aliphatic hydroxyl groups excluding tert-OH is 1. The highest BCUT2D eigenvalue weighted by atomic mass is 28.3. The third-order valence-electron chi connectivity index (χ3n) is 9.02. The van der Waals surface area contributed by atoms with Gasteiger partial charge in [0.05, 0.1) is 33.0 Å². The van der Waals surface area contributed by atoms with Gasteiger partial charge in [-0.3, -0.25) is 9.59 Å². The smallest absolute Gasteiger partial charge is 0.264 e. The first kappa shape index (κ1) is 26.9. The number of nitrogens with one attached hydrogen (secondary N) is 2. The molecule has 0 bridgehead atoms. The highest BCUT2D eigenvalue weighted by Crippen LogP contribution is 2.59. The van der Waals surface area contributed by atoms with Crippen molar-refractivity contribution in [2.45, 2.75) is 62.6 Å². The van der Waals surface area contributed by atoms with Crippen molar-refractivity contribution < 1.29 is 24.2 Å². The Morgan fingerprint density at radius 3 is 2.63 bits per heavy atom. The molecule has 0 unspecified atom stereocenters. The van der Waals surface area contributed by atoms with Crippen LogP contribution in [0.3, 0.4) is 0 Å². The molecule has 1 spiro atoms. The molecule has 5 atom stereocenters. The number of hydrogen-bond acceptors (Lipinski definition) is 6. The molecule has 2 amide bonds. The van der Waals surface area contributed by atoms with Gasteiger partial charge in [0.15, 0.2) is 5.60 Å². The fourth-order valence-electron chi connectivity index (χ4n) is 7.03. The van der Waals surface area contributed by atoms with Crippen molar-refractivity contribution in [1.29, 1.82) is 0 Å². The molecule has 0 saturated carbocycles. The van der Waals surface area contributed by atoms with Crippen LogP contribution in [-0.2, 0) is 19.9 Å². The normalized spacial score (nSPS) is 28.7. The van der Waals surface area contributed by atoms with Gasteiger partial charge in [0.25, 0.3) is 5.91 Å². The van der Waals surface area contributed by atoms with Crippen molar-refractivity contribution in [1.82, 2.24) is 5.32 Å². The molecule has 5 rings (SSSR count). The minimum atomic E-state index is -2.21. The van der Waals surface area contributed by atoms with E-state index in [0.717, 1.165) is 36.4 Å². The maximum Gasteiger partial charge on any atom is 0.264 e. The summed E-state index contributed by atoms with van der Waals surface area (Å²) >= 11 is 0. The van der Waals surface area contributed by atoms with Crippen LogP contribution < -0.4 is 25.5 Å². The summed E-state index contributed by atoms with van der Waals surface area (Å²) in [7, 11) is 1.23. The minimum Gasteiger partial charge on any atom is -0.497 e. The number of ether oxygens (including phenoxy) is 2. The molecule has 3 aliphatic heterocycles. The minimum absolute atomic E-state index is 0.0154. The van der Waals surface area contributed by atoms with Crippen LogP contribution in [0.2, 0.25) is 18.6 Å². The fourth-order valence-corrected chi connectivity index (χ4v) is 11.1. The summed E-state index contributed by atoms with van der Waals surface area (Å²) in [6, 6.07) is 13.7. The molecule has 3 heterocycles. The maximum absolute atomic E-state index is 14.0. The second kappa shape index (κ2) is 10.1. The van der Waals surface area contributed by atoms with E-state index in [4.69, 9.17) is 9.47 Å². The average Bonchev–Trinajstić information content (AvgIpc) is 3.60. The van der Waals surface area contributed by atoms with Crippen molar-refractivity contribution in [3.63, 3.8) is 0 Å². The van der Waals surface area contributed by atoms with Gasteiger partial charge in [0.1, 0.15) is 5.75 Å². The number of rotatable bonds is 7. The summed E-state index contributed by atoms with van der Waals surface area (Å²) in [6.07, 6.45) is 1.98. The zero-order valence-corrected chi connectivity index (χ0v) is 23.9. The van der Waals surface area contributed by atoms with Gasteiger partial charge in [-0.2, -0.15) is 0 Å². The molecule has 38 heavy (non-hydrogen) atoms. The highest BCUT2D eigenvalue weighted by Gasteiger charge is 2.65. The van der Waals surface area contributed by atoms with Crippen molar-refractivity contribution in [2.24, 2.45) is 5.92 Å². The number of likely N-dealkylation sites (N-methyl/N-ethyl adjacent to an activating group) is 1. The van der Waals surface area contributed by atoms with Crippen LogP contribution in [0.1, 0.15) is 31.7 Å². The maximum atomic E-state index is 14.0. The third-order valence-corrected chi connectivity index (χ3v) is 13.4. The zero-order valence-electron chi connectivity index (χ0n) is 22.9. The molecular formula is C29H39N3O5Si. The van der Waals surface area contributed by atoms with Crippen LogP contribution in [0, 0.1) is 5.92 Å². The molecule has 2 saturated heterocycles. The Kier molecular flexibility index (Phi) is 7.15. The fraction of sp³-hybridized carbons (Fsp3) is 0.517. The first-order valence-electron chi connectivity index (χ1n) is 13.5. The van der Waals surface area contributed by atoms with Gasteiger partial charge in [-0.1, -0.05) is 37.3 Å². The molecule has 0 radical (unpaired) electrons. The van der Waals surface area contributed by atoms with Crippen molar-refractivity contribution in [3.8, 4) is 5.75 Å². The second-order valence-electron chi connectivity index (χ2n) is 11.4. The Balaban J connectivity index is 1.54. The predicted molar refractivity (Wildman–Crippen MR) is 151 cm³/mol. The van der Waals surface area contributed by atoms with E-state index in [9.17, 15) is 14.7 Å². The molecule has 3 aliphatic rings. The number of nitrogens with zero attached hydrogens (tertiary/aromatic N) is 1. The highest BCUT2D eigenvalue weighted by molar-refractivity contribution is 6.91. The molecule has 3 N–H and O–H groups in total. The molecule has 204 valence electrons. The lowest BCUT2D eigenvalue weighted by Gasteiger charge is -2.37. The summed E-state index contributed by atoms with van der Waals surface area (Å²) in [5.41, 5.74) is 1.16. The summed E-state index contributed by atoms with van der Waals surface area (Å²) in [5.74, 6) is 0.521. The van der Waals surface area contributed by atoms with E-state index < -0.39 is 13.7 Å². The molecule has 0 aromatic heterocycles. The number of anilines is 2. The molecule has 0 aliphatic carbocycles. The molecular weight excluding hydrogens is 498 g/mol. The van der Waals surface area contributed by atoms with Gasteiger partial charge in [0.2, 0.25) is 5.91 Å². The van der Waals surface area contributed by atoms with Crippen LogP contribution in [0.4, 0.5) is 11.4 Å². The molecule has 2 fully saturated rings. The van der Waals surface area contributed by atoms with E-state index in [1.54, 1.807) is 19.1 Å². The summed E-state index contributed by atoms with van der Waals surface area (Å²) in [5, 5.41) is 17.5.